The minimum Gasteiger partial charge on any atom is -0.380 e. The molecular formula is C22H25N7O. The summed E-state index contributed by atoms with van der Waals surface area (Å²) in [7, 11) is 0. The molecule has 8 nitrogen and oxygen atoms in total. The number of primary amides is 1. The van der Waals surface area contributed by atoms with Crippen molar-refractivity contribution in [2.45, 2.75) is 33.7 Å². The molecule has 1 amide bonds. The minimum absolute atomic E-state index is 0.00791. The number of hydrogen-bond acceptors (Lipinski definition) is 5. The molecule has 0 spiro atoms. The van der Waals surface area contributed by atoms with E-state index in [1.807, 2.05) is 30.6 Å². The summed E-state index contributed by atoms with van der Waals surface area (Å²) in [5, 5.41) is 12.3. The average Bonchev–Trinajstić information content (AvgIpc) is 3.35. The van der Waals surface area contributed by atoms with Crippen LogP contribution in [0, 0.1) is 5.41 Å². The van der Waals surface area contributed by atoms with E-state index in [1.165, 1.54) is 6.20 Å². The van der Waals surface area contributed by atoms with Gasteiger partial charge in [-0.25, -0.2) is 9.20 Å². The molecule has 154 valence electrons. The lowest BCUT2D eigenvalue weighted by atomic mass is 9.88. The third kappa shape index (κ3) is 3.63. The summed E-state index contributed by atoms with van der Waals surface area (Å²) in [5.74, 6) is -0.518. The van der Waals surface area contributed by atoms with Crippen LogP contribution < -0.4 is 11.1 Å². The van der Waals surface area contributed by atoms with Crippen LogP contribution in [0.5, 0.6) is 0 Å². The summed E-state index contributed by atoms with van der Waals surface area (Å²) in [6.45, 7) is 8.50. The van der Waals surface area contributed by atoms with Gasteiger partial charge in [-0.15, -0.1) is 0 Å². The summed E-state index contributed by atoms with van der Waals surface area (Å²) in [6, 6.07) is 5.92. The van der Waals surface area contributed by atoms with Gasteiger partial charge < -0.3 is 11.1 Å². The van der Waals surface area contributed by atoms with Crippen molar-refractivity contribution in [1.29, 1.82) is 0 Å². The van der Waals surface area contributed by atoms with Gasteiger partial charge in [0.2, 0.25) is 0 Å². The Morgan fingerprint density at radius 3 is 2.50 bits per heavy atom. The number of nitrogens with two attached hydrogens (primary N) is 1. The predicted octanol–water partition coefficient (Wildman–Crippen LogP) is 3.53. The van der Waals surface area contributed by atoms with E-state index in [1.54, 1.807) is 27.8 Å². The maximum absolute atomic E-state index is 12.0. The van der Waals surface area contributed by atoms with Gasteiger partial charge >= 0.3 is 0 Å². The Labute approximate surface area is 174 Å². The second-order valence-electron chi connectivity index (χ2n) is 8.47. The van der Waals surface area contributed by atoms with Crippen molar-refractivity contribution in [2.75, 3.05) is 5.32 Å². The summed E-state index contributed by atoms with van der Waals surface area (Å²) < 4.78 is 3.51. The van der Waals surface area contributed by atoms with Crippen molar-refractivity contribution in [3.63, 3.8) is 0 Å². The molecule has 0 saturated heterocycles. The van der Waals surface area contributed by atoms with E-state index in [9.17, 15) is 4.79 Å². The van der Waals surface area contributed by atoms with E-state index in [0.717, 1.165) is 22.3 Å². The largest absolute Gasteiger partial charge is 0.380 e. The SMILES string of the molecule is C[C@@H](Nc1c(C(N)=O)cnn2cc(-n3cc(-c4ccncc4)cn3)cc12)C(C)(C)C. The van der Waals surface area contributed by atoms with E-state index < -0.39 is 5.91 Å². The van der Waals surface area contributed by atoms with Gasteiger partial charge in [-0.05, 0) is 36.1 Å². The molecule has 0 aromatic carbocycles. The van der Waals surface area contributed by atoms with Crippen molar-refractivity contribution in [3.05, 3.63) is 60.9 Å². The highest BCUT2D eigenvalue weighted by atomic mass is 16.1. The molecule has 0 aliphatic heterocycles. The normalized spacial score (nSPS) is 12.8. The first-order chi connectivity index (χ1) is 14.2. The van der Waals surface area contributed by atoms with Gasteiger partial charge in [0.25, 0.3) is 5.91 Å². The lowest BCUT2D eigenvalue weighted by molar-refractivity contribution is 0.100. The highest BCUT2D eigenvalue weighted by Gasteiger charge is 2.23. The molecule has 4 aromatic rings. The molecular weight excluding hydrogens is 378 g/mol. The van der Waals surface area contributed by atoms with Crippen LogP contribution >= 0.6 is 0 Å². The molecule has 4 rings (SSSR count). The Kier molecular flexibility index (Phi) is 4.77. The Bertz CT molecular complexity index is 1200. The van der Waals surface area contributed by atoms with Crippen LogP contribution in [0.1, 0.15) is 38.1 Å². The molecule has 0 aliphatic carbocycles. The highest BCUT2D eigenvalue weighted by molar-refractivity contribution is 6.02. The van der Waals surface area contributed by atoms with E-state index in [0.29, 0.717) is 11.3 Å². The first-order valence-electron chi connectivity index (χ1n) is 9.77. The van der Waals surface area contributed by atoms with Crippen LogP contribution in [0.15, 0.2) is 55.4 Å². The maximum Gasteiger partial charge on any atom is 0.252 e. The maximum atomic E-state index is 12.0. The molecule has 0 saturated carbocycles. The van der Waals surface area contributed by atoms with Crippen molar-refractivity contribution in [3.8, 4) is 16.8 Å². The van der Waals surface area contributed by atoms with Gasteiger partial charge in [0.05, 0.1) is 41.0 Å². The Morgan fingerprint density at radius 1 is 1.10 bits per heavy atom. The van der Waals surface area contributed by atoms with E-state index in [4.69, 9.17) is 5.73 Å². The lowest BCUT2D eigenvalue weighted by Crippen LogP contribution is -2.32. The molecule has 3 N–H and O–H groups in total. The van der Waals surface area contributed by atoms with E-state index in [2.05, 4.69) is 48.2 Å². The Balaban J connectivity index is 1.78. The van der Waals surface area contributed by atoms with Crippen LogP contribution in [0.4, 0.5) is 5.69 Å². The number of fused-ring (bicyclic) bond motifs is 1. The topological polar surface area (TPSA) is 103 Å². The third-order valence-corrected chi connectivity index (χ3v) is 5.41. The summed E-state index contributed by atoms with van der Waals surface area (Å²) in [5.41, 5.74) is 10.3. The predicted molar refractivity (Wildman–Crippen MR) is 117 cm³/mol. The standard InChI is InChI=1S/C22H25N7O/c1-14(22(2,3)4)27-20-18(21(23)30)11-26-29-13-17(9-19(20)29)28-12-16(10-25-28)15-5-7-24-8-6-15/h5-14,27H,1-4H3,(H2,23,30)/t14-/m1/s1. The van der Waals surface area contributed by atoms with Crippen molar-refractivity contribution >= 4 is 17.1 Å². The molecule has 4 aromatic heterocycles. The molecule has 1 atom stereocenters. The van der Waals surface area contributed by atoms with Crippen molar-refractivity contribution in [2.24, 2.45) is 11.1 Å². The van der Waals surface area contributed by atoms with E-state index >= 15 is 0 Å². The van der Waals surface area contributed by atoms with Crippen LogP contribution in [-0.4, -0.2) is 36.3 Å². The van der Waals surface area contributed by atoms with Gasteiger partial charge in [0, 0.05) is 30.2 Å². The van der Waals surface area contributed by atoms with Gasteiger partial charge in [-0.2, -0.15) is 10.2 Å². The first kappa shape index (κ1) is 19.6. The molecule has 30 heavy (non-hydrogen) atoms. The number of nitrogens with zero attached hydrogens (tertiary/aromatic N) is 5. The molecule has 0 aliphatic rings. The van der Waals surface area contributed by atoms with Gasteiger partial charge in [0.1, 0.15) is 0 Å². The summed E-state index contributed by atoms with van der Waals surface area (Å²) in [6.07, 6.45) is 10.6. The Hall–Kier alpha value is -3.68. The second kappa shape index (κ2) is 7.29. The van der Waals surface area contributed by atoms with Crippen molar-refractivity contribution < 1.29 is 4.79 Å². The molecule has 0 bridgehead atoms. The fourth-order valence-corrected chi connectivity index (χ4v) is 3.10. The first-order valence-corrected chi connectivity index (χ1v) is 9.77. The third-order valence-electron chi connectivity index (χ3n) is 5.41. The molecule has 4 heterocycles. The number of aromatic nitrogens is 5. The van der Waals surface area contributed by atoms with Crippen LogP contribution in [0.25, 0.3) is 22.3 Å². The number of amides is 1. The van der Waals surface area contributed by atoms with Gasteiger partial charge in [0.15, 0.2) is 0 Å². The zero-order valence-corrected chi connectivity index (χ0v) is 17.5. The molecule has 0 unspecified atom stereocenters. The number of hydrogen-bond donors (Lipinski definition) is 2. The summed E-state index contributed by atoms with van der Waals surface area (Å²) in [4.78, 5) is 16.1. The Morgan fingerprint density at radius 2 is 1.83 bits per heavy atom. The number of pyridine rings is 1. The number of carbonyl (C=O) groups is 1. The molecule has 0 radical (unpaired) electrons. The zero-order chi connectivity index (χ0) is 21.5. The fraction of sp³-hybridized carbons (Fsp3) is 0.273. The van der Waals surface area contributed by atoms with Gasteiger partial charge in [-0.1, -0.05) is 20.8 Å². The monoisotopic (exact) mass is 403 g/mol. The quantitative estimate of drug-likeness (QED) is 0.531. The van der Waals surface area contributed by atoms with Gasteiger partial charge in [-0.3, -0.25) is 9.78 Å². The highest BCUT2D eigenvalue weighted by Crippen LogP contribution is 2.30. The van der Waals surface area contributed by atoms with Crippen LogP contribution in [0.2, 0.25) is 0 Å². The minimum atomic E-state index is -0.518. The smallest absolute Gasteiger partial charge is 0.252 e. The number of rotatable bonds is 5. The second-order valence-corrected chi connectivity index (χ2v) is 8.47. The van der Waals surface area contributed by atoms with Crippen LogP contribution in [-0.2, 0) is 0 Å². The number of anilines is 1. The lowest BCUT2D eigenvalue weighted by Gasteiger charge is -2.29. The number of nitrogens with one attached hydrogen (secondary N) is 1. The summed E-state index contributed by atoms with van der Waals surface area (Å²) >= 11 is 0. The fourth-order valence-electron chi connectivity index (χ4n) is 3.10. The molecule has 8 heteroatoms. The number of carbonyl (C=O) groups excluding carboxylic acids is 1. The van der Waals surface area contributed by atoms with Crippen LogP contribution in [0.3, 0.4) is 0 Å². The zero-order valence-electron chi connectivity index (χ0n) is 17.5. The molecule has 0 fully saturated rings. The van der Waals surface area contributed by atoms with E-state index in [-0.39, 0.29) is 11.5 Å². The van der Waals surface area contributed by atoms with Crippen molar-refractivity contribution in [1.82, 2.24) is 24.4 Å². The average molecular weight is 403 g/mol.